The molecule has 0 amide bonds. The highest BCUT2D eigenvalue weighted by Gasteiger charge is 2.02. The van der Waals surface area contributed by atoms with Crippen molar-refractivity contribution in [3.8, 4) is 0 Å². The lowest BCUT2D eigenvalue weighted by atomic mass is 10.3. The van der Waals surface area contributed by atoms with E-state index in [2.05, 4.69) is 15.0 Å². The SMILES string of the molecule is CCc1cnc(CNCCCC(=O)OC)o1. The Morgan fingerprint density at radius 2 is 2.44 bits per heavy atom. The third-order valence-electron chi connectivity index (χ3n) is 2.19. The quantitative estimate of drug-likeness (QED) is 0.560. The Labute approximate surface area is 95.2 Å². The van der Waals surface area contributed by atoms with E-state index in [1.807, 2.05) is 6.92 Å². The molecule has 0 aliphatic carbocycles. The molecule has 0 unspecified atom stereocenters. The molecule has 0 bridgehead atoms. The van der Waals surface area contributed by atoms with Crippen LogP contribution < -0.4 is 5.32 Å². The van der Waals surface area contributed by atoms with Crippen LogP contribution in [0.5, 0.6) is 0 Å². The number of esters is 1. The van der Waals surface area contributed by atoms with Gasteiger partial charge in [-0.25, -0.2) is 4.98 Å². The van der Waals surface area contributed by atoms with E-state index in [-0.39, 0.29) is 5.97 Å². The van der Waals surface area contributed by atoms with Crippen LogP contribution in [0.3, 0.4) is 0 Å². The Hall–Kier alpha value is -1.36. The second kappa shape index (κ2) is 7.00. The molecule has 0 radical (unpaired) electrons. The fourth-order valence-electron chi connectivity index (χ4n) is 1.25. The van der Waals surface area contributed by atoms with Gasteiger partial charge in [0.2, 0.25) is 5.89 Å². The van der Waals surface area contributed by atoms with Crippen LogP contribution in [0.1, 0.15) is 31.4 Å². The molecule has 16 heavy (non-hydrogen) atoms. The summed E-state index contributed by atoms with van der Waals surface area (Å²) in [6.45, 7) is 3.37. The summed E-state index contributed by atoms with van der Waals surface area (Å²) in [5.41, 5.74) is 0. The lowest BCUT2D eigenvalue weighted by molar-refractivity contribution is -0.140. The maximum Gasteiger partial charge on any atom is 0.305 e. The predicted molar refractivity (Wildman–Crippen MR) is 58.8 cm³/mol. The first-order chi connectivity index (χ1) is 7.76. The average molecular weight is 226 g/mol. The van der Waals surface area contributed by atoms with Gasteiger partial charge in [-0.1, -0.05) is 6.92 Å². The number of methoxy groups -OCH3 is 1. The lowest BCUT2D eigenvalue weighted by Crippen LogP contribution is -2.16. The molecule has 1 rings (SSSR count). The standard InChI is InChI=1S/C11H18N2O3/c1-3-9-7-13-10(16-9)8-12-6-4-5-11(14)15-2/h7,12H,3-6,8H2,1-2H3. The molecule has 0 atom stereocenters. The summed E-state index contributed by atoms with van der Waals surface area (Å²) in [4.78, 5) is 14.9. The molecule has 5 nitrogen and oxygen atoms in total. The second-order valence-corrected chi connectivity index (χ2v) is 3.43. The topological polar surface area (TPSA) is 64.4 Å². The van der Waals surface area contributed by atoms with Crippen LogP contribution in [0.4, 0.5) is 0 Å². The molecule has 1 aromatic heterocycles. The zero-order chi connectivity index (χ0) is 11.8. The first kappa shape index (κ1) is 12.7. The van der Waals surface area contributed by atoms with Gasteiger partial charge in [0.15, 0.2) is 0 Å². The van der Waals surface area contributed by atoms with E-state index in [0.717, 1.165) is 25.1 Å². The van der Waals surface area contributed by atoms with E-state index in [4.69, 9.17) is 4.42 Å². The average Bonchev–Trinajstić information content (AvgIpc) is 2.76. The van der Waals surface area contributed by atoms with Crippen LogP contribution >= 0.6 is 0 Å². The highest BCUT2D eigenvalue weighted by atomic mass is 16.5. The summed E-state index contributed by atoms with van der Waals surface area (Å²) in [6.07, 6.45) is 3.80. The van der Waals surface area contributed by atoms with Crippen molar-refractivity contribution >= 4 is 5.97 Å². The van der Waals surface area contributed by atoms with Gasteiger partial charge in [-0.2, -0.15) is 0 Å². The van der Waals surface area contributed by atoms with Gasteiger partial charge in [0.1, 0.15) is 5.76 Å². The molecule has 0 aromatic carbocycles. The van der Waals surface area contributed by atoms with Crippen molar-refractivity contribution in [2.75, 3.05) is 13.7 Å². The minimum Gasteiger partial charge on any atom is -0.469 e. The number of hydrogen-bond acceptors (Lipinski definition) is 5. The van der Waals surface area contributed by atoms with Crippen molar-refractivity contribution in [1.82, 2.24) is 10.3 Å². The maximum atomic E-state index is 10.8. The Morgan fingerprint density at radius 1 is 1.62 bits per heavy atom. The van der Waals surface area contributed by atoms with Gasteiger partial charge in [0.05, 0.1) is 19.9 Å². The van der Waals surface area contributed by atoms with Crippen molar-refractivity contribution in [1.29, 1.82) is 0 Å². The number of nitrogens with one attached hydrogen (secondary N) is 1. The molecular weight excluding hydrogens is 208 g/mol. The lowest BCUT2D eigenvalue weighted by Gasteiger charge is -2.01. The zero-order valence-corrected chi connectivity index (χ0v) is 9.78. The van der Waals surface area contributed by atoms with E-state index >= 15 is 0 Å². The number of carbonyl (C=O) groups is 1. The summed E-state index contributed by atoms with van der Waals surface area (Å²) in [5, 5.41) is 3.15. The number of aromatic nitrogens is 1. The second-order valence-electron chi connectivity index (χ2n) is 3.43. The van der Waals surface area contributed by atoms with Crippen molar-refractivity contribution < 1.29 is 13.9 Å². The monoisotopic (exact) mass is 226 g/mol. The summed E-state index contributed by atoms with van der Waals surface area (Å²) < 4.78 is 9.95. The minimum absolute atomic E-state index is 0.175. The van der Waals surface area contributed by atoms with Gasteiger partial charge >= 0.3 is 5.97 Å². The highest BCUT2D eigenvalue weighted by molar-refractivity contribution is 5.69. The van der Waals surface area contributed by atoms with E-state index in [1.165, 1.54) is 7.11 Å². The molecule has 5 heteroatoms. The third kappa shape index (κ3) is 4.44. The Kier molecular flexibility index (Phi) is 5.56. The molecular formula is C11H18N2O3. The van der Waals surface area contributed by atoms with Crippen LogP contribution in [0.25, 0.3) is 0 Å². The van der Waals surface area contributed by atoms with Crippen molar-refractivity contribution in [3.63, 3.8) is 0 Å². The van der Waals surface area contributed by atoms with Crippen LogP contribution in [0, 0.1) is 0 Å². The van der Waals surface area contributed by atoms with Gasteiger partial charge < -0.3 is 14.5 Å². The number of ether oxygens (including phenoxy) is 1. The first-order valence-corrected chi connectivity index (χ1v) is 5.47. The minimum atomic E-state index is -0.175. The Balaban J connectivity index is 2.09. The number of rotatable bonds is 7. The Morgan fingerprint density at radius 3 is 3.06 bits per heavy atom. The van der Waals surface area contributed by atoms with E-state index in [9.17, 15) is 4.79 Å². The summed E-state index contributed by atoms with van der Waals surface area (Å²) >= 11 is 0. The number of nitrogens with zero attached hydrogens (tertiary/aromatic N) is 1. The largest absolute Gasteiger partial charge is 0.469 e. The molecule has 1 heterocycles. The molecule has 1 N–H and O–H groups in total. The predicted octanol–water partition coefficient (Wildman–Crippen LogP) is 1.28. The molecule has 0 fully saturated rings. The van der Waals surface area contributed by atoms with Crippen molar-refractivity contribution in [2.45, 2.75) is 32.7 Å². The number of oxazole rings is 1. The highest BCUT2D eigenvalue weighted by Crippen LogP contribution is 2.03. The maximum absolute atomic E-state index is 10.8. The molecule has 0 spiro atoms. The first-order valence-electron chi connectivity index (χ1n) is 5.47. The molecule has 0 aliphatic rings. The van der Waals surface area contributed by atoms with Crippen LogP contribution in [0.2, 0.25) is 0 Å². The summed E-state index contributed by atoms with van der Waals surface area (Å²) in [6, 6.07) is 0. The van der Waals surface area contributed by atoms with Gasteiger partial charge in [0, 0.05) is 12.8 Å². The Bertz CT molecular complexity index is 323. The fourth-order valence-corrected chi connectivity index (χ4v) is 1.25. The van der Waals surface area contributed by atoms with Crippen molar-refractivity contribution in [2.24, 2.45) is 0 Å². The van der Waals surface area contributed by atoms with E-state index < -0.39 is 0 Å². The van der Waals surface area contributed by atoms with E-state index in [0.29, 0.717) is 18.9 Å². The smallest absolute Gasteiger partial charge is 0.305 e. The van der Waals surface area contributed by atoms with Crippen molar-refractivity contribution in [3.05, 3.63) is 17.8 Å². The molecule has 1 aromatic rings. The summed E-state index contributed by atoms with van der Waals surface area (Å²) in [5.74, 6) is 1.41. The van der Waals surface area contributed by atoms with Gasteiger partial charge in [0.25, 0.3) is 0 Å². The van der Waals surface area contributed by atoms with E-state index in [1.54, 1.807) is 6.20 Å². The number of hydrogen-bond donors (Lipinski definition) is 1. The fraction of sp³-hybridized carbons (Fsp3) is 0.636. The van der Waals surface area contributed by atoms with Crippen LogP contribution in [-0.4, -0.2) is 24.6 Å². The van der Waals surface area contributed by atoms with Gasteiger partial charge in [-0.15, -0.1) is 0 Å². The van der Waals surface area contributed by atoms with Crippen LogP contribution in [0.15, 0.2) is 10.6 Å². The third-order valence-corrected chi connectivity index (χ3v) is 2.19. The zero-order valence-electron chi connectivity index (χ0n) is 9.78. The molecule has 90 valence electrons. The number of aryl methyl sites for hydroxylation is 1. The normalized spacial score (nSPS) is 10.4. The molecule has 0 aliphatic heterocycles. The summed E-state index contributed by atoms with van der Waals surface area (Å²) in [7, 11) is 1.40. The number of carbonyl (C=O) groups excluding carboxylic acids is 1. The van der Waals surface area contributed by atoms with Gasteiger partial charge in [-0.3, -0.25) is 4.79 Å². The van der Waals surface area contributed by atoms with Gasteiger partial charge in [-0.05, 0) is 13.0 Å². The molecule has 0 saturated heterocycles. The van der Waals surface area contributed by atoms with Crippen LogP contribution in [-0.2, 0) is 22.5 Å². The molecule has 0 saturated carbocycles.